The van der Waals surface area contributed by atoms with Crippen LogP contribution in [0.25, 0.3) is 11.1 Å². The molecule has 0 radical (unpaired) electrons. The van der Waals surface area contributed by atoms with E-state index in [9.17, 15) is 4.79 Å². The molecule has 4 rings (SSSR count). The maximum Gasteiger partial charge on any atom is 0.193 e. The molecule has 1 unspecified atom stereocenters. The summed E-state index contributed by atoms with van der Waals surface area (Å²) in [4.78, 5) is 16.8. The van der Waals surface area contributed by atoms with Gasteiger partial charge in [0.15, 0.2) is 5.78 Å². The molecular weight excluding hydrogens is 478 g/mol. The van der Waals surface area contributed by atoms with Crippen LogP contribution in [0.3, 0.4) is 0 Å². The number of hydrogen-bond donors (Lipinski definition) is 0. The third-order valence-electron chi connectivity index (χ3n) is 5.82. The highest BCUT2D eigenvalue weighted by atomic mass is 79.9. The zero-order valence-electron chi connectivity index (χ0n) is 17.9. The van der Waals surface area contributed by atoms with Gasteiger partial charge in [-0.15, -0.1) is 0 Å². The van der Waals surface area contributed by atoms with Gasteiger partial charge in [0, 0.05) is 24.2 Å². The number of likely N-dealkylation sites (tertiary alicyclic amines) is 1. The van der Waals surface area contributed by atoms with Crippen molar-refractivity contribution in [2.75, 3.05) is 13.1 Å². The molecule has 1 heterocycles. The first-order chi connectivity index (χ1) is 15.7. The van der Waals surface area contributed by atoms with Crippen LogP contribution in [0.1, 0.15) is 40.7 Å². The highest BCUT2D eigenvalue weighted by Gasteiger charge is 2.29. The average Bonchev–Trinajstić information content (AvgIpc) is 2.88. The molecule has 0 aromatic heterocycles. The molecule has 0 saturated carbocycles. The van der Waals surface area contributed by atoms with Crippen molar-refractivity contribution in [2.45, 2.75) is 24.1 Å². The number of thiocarbonyl (C=S) groups is 1. The molecule has 1 atom stereocenters. The fraction of sp³-hybridized carbons (Fsp3) is 0.214. The molecule has 3 aromatic rings. The number of carbonyl (C=O) groups is 1. The summed E-state index contributed by atoms with van der Waals surface area (Å²) in [5.41, 5.74) is 4.16. The zero-order chi connectivity index (χ0) is 22.3. The van der Waals surface area contributed by atoms with Crippen LogP contribution in [0.5, 0.6) is 0 Å². The first kappa shape index (κ1) is 22.6. The molecule has 1 saturated heterocycles. The smallest absolute Gasteiger partial charge is 0.193 e. The lowest BCUT2D eigenvalue weighted by Crippen LogP contribution is -2.39. The van der Waals surface area contributed by atoms with Crippen molar-refractivity contribution < 1.29 is 4.79 Å². The molecule has 32 heavy (non-hydrogen) atoms. The van der Waals surface area contributed by atoms with Crippen LogP contribution in [0.15, 0.2) is 91.0 Å². The minimum atomic E-state index is -0.249. The van der Waals surface area contributed by atoms with E-state index < -0.39 is 0 Å². The minimum absolute atomic E-state index is 0.00143. The van der Waals surface area contributed by atoms with Crippen LogP contribution in [0.2, 0.25) is 0 Å². The van der Waals surface area contributed by atoms with Crippen molar-refractivity contribution >= 4 is 50.1 Å². The maximum absolute atomic E-state index is 13.9. The van der Waals surface area contributed by atoms with Crippen LogP contribution >= 0.6 is 28.1 Å². The Labute approximate surface area is 204 Å². The molecule has 4 heteroatoms. The van der Waals surface area contributed by atoms with Gasteiger partial charge in [0.25, 0.3) is 0 Å². The van der Waals surface area contributed by atoms with E-state index in [0.717, 1.165) is 47.6 Å². The number of alkyl halides is 1. The van der Waals surface area contributed by atoms with Gasteiger partial charge in [0.2, 0.25) is 0 Å². The summed E-state index contributed by atoms with van der Waals surface area (Å²) in [5, 5.41) is 0. The van der Waals surface area contributed by atoms with Crippen LogP contribution in [-0.2, 0) is 0 Å². The van der Waals surface area contributed by atoms with Crippen molar-refractivity contribution in [3.05, 3.63) is 108 Å². The van der Waals surface area contributed by atoms with Crippen molar-refractivity contribution in [3.63, 3.8) is 0 Å². The summed E-state index contributed by atoms with van der Waals surface area (Å²) >= 11 is 9.91. The molecule has 3 aromatic carbocycles. The van der Waals surface area contributed by atoms with Crippen LogP contribution in [0, 0.1) is 0 Å². The SMILES string of the molecule is O=C(/C(=C(/c1ccccc1)C(Br)C(=S)N1CCCCC1)c1ccccc1)c1ccccc1. The Morgan fingerprint density at radius 2 is 1.19 bits per heavy atom. The second kappa shape index (κ2) is 10.8. The summed E-state index contributed by atoms with van der Waals surface area (Å²) in [6.45, 7) is 1.94. The first-order valence-corrected chi connectivity index (χ1v) is 12.4. The third kappa shape index (κ3) is 5.08. The second-order valence-corrected chi connectivity index (χ2v) is 9.30. The van der Waals surface area contributed by atoms with Gasteiger partial charge in [0.1, 0.15) is 0 Å². The van der Waals surface area contributed by atoms with Gasteiger partial charge in [0.05, 0.1) is 9.82 Å². The fourth-order valence-electron chi connectivity index (χ4n) is 4.18. The number of carbonyl (C=O) groups excluding carboxylic acids is 1. The number of allylic oxidation sites excluding steroid dienone is 1. The summed E-state index contributed by atoms with van der Waals surface area (Å²) in [7, 11) is 0. The van der Waals surface area contributed by atoms with Crippen molar-refractivity contribution in [3.8, 4) is 0 Å². The van der Waals surface area contributed by atoms with Gasteiger partial charge in [-0.1, -0.05) is 119 Å². The lowest BCUT2D eigenvalue weighted by Gasteiger charge is -2.33. The molecule has 0 aliphatic carbocycles. The molecule has 1 aliphatic rings. The molecule has 162 valence electrons. The Balaban J connectivity index is 1.91. The van der Waals surface area contributed by atoms with Crippen LogP contribution in [0.4, 0.5) is 0 Å². The fourth-order valence-corrected chi connectivity index (χ4v) is 5.26. The van der Waals surface area contributed by atoms with E-state index in [1.807, 2.05) is 78.9 Å². The summed E-state index contributed by atoms with van der Waals surface area (Å²) in [6, 6.07) is 29.5. The Morgan fingerprint density at radius 3 is 1.72 bits per heavy atom. The number of hydrogen-bond acceptors (Lipinski definition) is 2. The number of ketones is 1. The molecule has 0 spiro atoms. The molecule has 0 N–H and O–H groups in total. The number of halogens is 1. The minimum Gasteiger partial charge on any atom is -0.365 e. The van der Waals surface area contributed by atoms with E-state index in [0.29, 0.717) is 11.1 Å². The van der Waals surface area contributed by atoms with E-state index in [4.69, 9.17) is 12.2 Å². The zero-order valence-corrected chi connectivity index (χ0v) is 20.3. The molecule has 0 amide bonds. The lowest BCUT2D eigenvalue weighted by atomic mass is 9.87. The van der Waals surface area contributed by atoms with Crippen molar-refractivity contribution in [2.24, 2.45) is 0 Å². The Hall–Kier alpha value is -2.56. The maximum atomic E-state index is 13.9. The van der Waals surface area contributed by atoms with E-state index >= 15 is 0 Å². The van der Waals surface area contributed by atoms with E-state index in [-0.39, 0.29) is 10.6 Å². The predicted molar refractivity (Wildman–Crippen MR) is 141 cm³/mol. The number of rotatable bonds is 6. The van der Waals surface area contributed by atoms with Gasteiger partial charge >= 0.3 is 0 Å². The molecule has 1 fully saturated rings. The van der Waals surface area contributed by atoms with E-state index in [1.165, 1.54) is 6.42 Å². The van der Waals surface area contributed by atoms with Gasteiger partial charge in [-0.3, -0.25) is 4.79 Å². The number of piperidine rings is 1. The van der Waals surface area contributed by atoms with Gasteiger partial charge in [-0.2, -0.15) is 0 Å². The first-order valence-electron chi connectivity index (χ1n) is 11.0. The number of benzene rings is 3. The second-order valence-electron chi connectivity index (χ2n) is 7.96. The number of nitrogens with zero attached hydrogens (tertiary/aromatic N) is 1. The highest BCUT2D eigenvalue weighted by molar-refractivity contribution is 9.10. The summed E-state index contributed by atoms with van der Waals surface area (Å²) in [6.07, 6.45) is 3.55. The van der Waals surface area contributed by atoms with Gasteiger partial charge < -0.3 is 4.90 Å². The monoisotopic (exact) mass is 503 g/mol. The standard InChI is InChI=1S/C28H26BrNOS/c29-26(28(32)30-19-11-4-12-20-30)24(21-13-5-1-6-14-21)25(22-15-7-2-8-16-22)27(31)23-17-9-3-10-18-23/h1-3,5-10,13-18,26H,4,11-12,19-20H2/b25-24-. The number of Topliss-reactive ketones (excluding diaryl/α,β-unsaturated/α-hetero) is 1. The molecule has 2 nitrogen and oxygen atoms in total. The van der Waals surface area contributed by atoms with Crippen molar-refractivity contribution in [1.29, 1.82) is 0 Å². The third-order valence-corrected chi connectivity index (χ3v) is 7.51. The Morgan fingerprint density at radius 1 is 0.719 bits per heavy atom. The summed E-state index contributed by atoms with van der Waals surface area (Å²) < 4.78 is 0. The van der Waals surface area contributed by atoms with Crippen LogP contribution in [-0.4, -0.2) is 33.6 Å². The quantitative estimate of drug-likeness (QED) is 0.118. The van der Waals surface area contributed by atoms with E-state index in [1.54, 1.807) is 0 Å². The van der Waals surface area contributed by atoms with Gasteiger partial charge in [-0.05, 0) is 36.0 Å². The molecule has 0 bridgehead atoms. The molecular formula is C28H26BrNOS. The average molecular weight is 504 g/mol. The normalized spacial score (nSPS) is 15.6. The largest absolute Gasteiger partial charge is 0.365 e. The highest BCUT2D eigenvalue weighted by Crippen LogP contribution is 2.36. The Bertz CT molecular complexity index is 1090. The topological polar surface area (TPSA) is 20.3 Å². The predicted octanol–water partition coefficient (Wildman–Crippen LogP) is 7.06. The Kier molecular flexibility index (Phi) is 7.67. The van der Waals surface area contributed by atoms with E-state index in [2.05, 4.69) is 33.0 Å². The summed E-state index contributed by atoms with van der Waals surface area (Å²) in [5.74, 6) is 0.00143. The molecule has 1 aliphatic heterocycles. The lowest BCUT2D eigenvalue weighted by molar-refractivity contribution is 0.105. The van der Waals surface area contributed by atoms with Crippen LogP contribution < -0.4 is 0 Å². The van der Waals surface area contributed by atoms with Crippen molar-refractivity contribution in [1.82, 2.24) is 4.90 Å². The van der Waals surface area contributed by atoms with Gasteiger partial charge in [-0.25, -0.2) is 0 Å².